The third-order valence-corrected chi connectivity index (χ3v) is 2.55. The standard InChI is InChI=1S/C12H17N3O2/c1-7-4-8(2)10(13)5-9(7)12(17)15-6-11(16)14-3/h4-5H,6,13H2,1-3H3,(H,14,16)(H,15,17). The van der Waals surface area contributed by atoms with Crippen LogP contribution in [0.2, 0.25) is 0 Å². The predicted octanol–water partition coefficient (Wildman–Crippen LogP) is 0.361. The largest absolute Gasteiger partial charge is 0.398 e. The summed E-state index contributed by atoms with van der Waals surface area (Å²) in [7, 11) is 1.52. The van der Waals surface area contributed by atoms with Crippen LogP contribution in [0.15, 0.2) is 12.1 Å². The van der Waals surface area contributed by atoms with Crippen molar-refractivity contribution in [2.24, 2.45) is 0 Å². The molecule has 0 aliphatic rings. The number of nitrogens with one attached hydrogen (secondary N) is 2. The molecular formula is C12H17N3O2. The highest BCUT2D eigenvalue weighted by atomic mass is 16.2. The van der Waals surface area contributed by atoms with Crippen LogP contribution in [0.5, 0.6) is 0 Å². The molecule has 0 aliphatic heterocycles. The van der Waals surface area contributed by atoms with Crippen LogP contribution in [-0.2, 0) is 4.79 Å². The molecule has 4 N–H and O–H groups in total. The third-order valence-electron chi connectivity index (χ3n) is 2.55. The van der Waals surface area contributed by atoms with Crippen molar-refractivity contribution in [1.82, 2.24) is 10.6 Å². The minimum Gasteiger partial charge on any atom is -0.398 e. The van der Waals surface area contributed by atoms with Gasteiger partial charge in [0.25, 0.3) is 5.91 Å². The van der Waals surface area contributed by atoms with Crippen molar-refractivity contribution in [2.75, 3.05) is 19.3 Å². The molecule has 1 rings (SSSR count). The number of likely N-dealkylation sites (N-methyl/N-ethyl adjacent to an activating group) is 1. The van der Waals surface area contributed by atoms with Crippen molar-refractivity contribution in [1.29, 1.82) is 0 Å². The number of rotatable bonds is 3. The van der Waals surface area contributed by atoms with Crippen molar-refractivity contribution in [2.45, 2.75) is 13.8 Å². The summed E-state index contributed by atoms with van der Waals surface area (Å²) in [6, 6.07) is 3.48. The van der Waals surface area contributed by atoms with Crippen molar-refractivity contribution in [3.05, 3.63) is 28.8 Å². The summed E-state index contributed by atoms with van der Waals surface area (Å²) in [6.45, 7) is 3.68. The van der Waals surface area contributed by atoms with E-state index in [1.807, 2.05) is 19.9 Å². The topological polar surface area (TPSA) is 84.2 Å². The van der Waals surface area contributed by atoms with Crippen LogP contribution in [0.3, 0.4) is 0 Å². The fourth-order valence-corrected chi connectivity index (χ4v) is 1.46. The zero-order valence-corrected chi connectivity index (χ0v) is 10.3. The number of hydrogen-bond donors (Lipinski definition) is 3. The summed E-state index contributed by atoms with van der Waals surface area (Å²) in [6.07, 6.45) is 0. The molecule has 5 nitrogen and oxygen atoms in total. The van der Waals surface area contributed by atoms with Gasteiger partial charge < -0.3 is 16.4 Å². The molecule has 0 radical (unpaired) electrons. The number of carbonyl (C=O) groups excluding carboxylic acids is 2. The molecule has 92 valence electrons. The number of carbonyl (C=O) groups is 2. The summed E-state index contributed by atoms with van der Waals surface area (Å²) < 4.78 is 0. The maximum Gasteiger partial charge on any atom is 0.252 e. The lowest BCUT2D eigenvalue weighted by atomic mass is 10.0. The summed E-state index contributed by atoms with van der Waals surface area (Å²) in [5.74, 6) is -0.533. The van der Waals surface area contributed by atoms with Crippen LogP contribution < -0.4 is 16.4 Å². The maximum atomic E-state index is 11.8. The average Bonchev–Trinajstić information content (AvgIpc) is 2.30. The van der Waals surface area contributed by atoms with Crippen LogP contribution in [0.1, 0.15) is 21.5 Å². The van der Waals surface area contributed by atoms with Crippen molar-refractivity contribution < 1.29 is 9.59 Å². The molecule has 1 aromatic carbocycles. The van der Waals surface area contributed by atoms with Gasteiger partial charge in [-0.1, -0.05) is 6.07 Å². The van der Waals surface area contributed by atoms with E-state index in [1.165, 1.54) is 7.05 Å². The second-order valence-electron chi connectivity index (χ2n) is 3.88. The minimum atomic E-state index is -0.294. The third kappa shape index (κ3) is 3.21. The Kier molecular flexibility index (Phi) is 4.09. The second-order valence-corrected chi connectivity index (χ2v) is 3.88. The van der Waals surface area contributed by atoms with Crippen LogP contribution in [0, 0.1) is 13.8 Å². The van der Waals surface area contributed by atoms with E-state index in [-0.39, 0.29) is 18.4 Å². The molecule has 0 spiro atoms. The second kappa shape index (κ2) is 5.34. The van der Waals surface area contributed by atoms with Gasteiger partial charge in [-0.25, -0.2) is 0 Å². The molecule has 0 saturated carbocycles. The van der Waals surface area contributed by atoms with Crippen LogP contribution in [-0.4, -0.2) is 25.4 Å². The fourth-order valence-electron chi connectivity index (χ4n) is 1.46. The zero-order valence-electron chi connectivity index (χ0n) is 10.3. The quantitative estimate of drug-likeness (QED) is 0.661. The van der Waals surface area contributed by atoms with Gasteiger partial charge in [-0.05, 0) is 31.0 Å². The SMILES string of the molecule is CNC(=O)CNC(=O)c1cc(N)c(C)cc1C. The number of amides is 2. The summed E-state index contributed by atoms with van der Waals surface area (Å²) in [4.78, 5) is 22.8. The van der Waals surface area contributed by atoms with Gasteiger partial charge in [0, 0.05) is 18.3 Å². The molecule has 0 heterocycles. The monoisotopic (exact) mass is 235 g/mol. The number of anilines is 1. The highest BCUT2D eigenvalue weighted by Crippen LogP contribution is 2.17. The molecule has 0 bridgehead atoms. The van der Waals surface area contributed by atoms with Gasteiger partial charge in [-0.3, -0.25) is 9.59 Å². The first-order chi connectivity index (χ1) is 7.95. The average molecular weight is 235 g/mol. The summed E-state index contributed by atoms with van der Waals surface area (Å²) in [5, 5.41) is 4.96. The first-order valence-corrected chi connectivity index (χ1v) is 5.31. The van der Waals surface area contributed by atoms with E-state index >= 15 is 0 Å². The van der Waals surface area contributed by atoms with Crippen LogP contribution in [0.4, 0.5) is 5.69 Å². The summed E-state index contributed by atoms with van der Waals surface area (Å²) in [5.41, 5.74) is 8.59. The molecular weight excluding hydrogens is 218 g/mol. The van der Waals surface area contributed by atoms with Crippen LogP contribution in [0.25, 0.3) is 0 Å². The number of aryl methyl sites for hydroxylation is 2. The van der Waals surface area contributed by atoms with Gasteiger partial charge in [-0.2, -0.15) is 0 Å². The molecule has 0 aromatic heterocycles. The molecule has 0 aliphatic carbocycles. The van der Waals surface area contributed by atoms with E-state index in [0.717, 1.165) is 11.1 Å². The maximum absolute atomic E-state index is 11.8. The minimum absolute atomic E-state index is 0.0391. The molecule has 2 amide bonds. The van der Waals surface area contributed by atoms with Crippen molar-refractivity contribution >= 4 is 17.5 Å². The smallest absolute Gasteiger partial charge is 0.252 e. The van der Waals surface area contributed by atoms with Gasteiger partial charge in [0.1, 0.15) is 0 Å². The molecule has 5 heteroatoms. The Morgan fingerprint density at radius 1 is 1.24 bits per heavy atom. The van der Waals surface area contributed by atoms with Crippen molar-refractivity contribution in [3.63, 3.8) is 0 Å². The molecule has 0 fully saturated rings. The molecule has 0 unspecified atom stereocenters. The number of benzene rings is 1. The Hall–Kier alpha value is -2.04. The van der Waals surface area contributed by atoms with E-state index in [4.69, 9.17) is 5.73 Å². The van der Waals surface area contributed by atoms with Gasteiger partial charge in [-0.15, -0.1) is 0 Å². The normalized spacial score (nSPS) is 9.82. The van der Waals surface area contributed by atoms with E-state index < -0.39 is 0 Å². The van der Waals surface area contributed by atoms with Crippen molar-refractivity contribution in [3.8, 4) is 0 Å². The predicted molar refractivity (Wildman–Crippen MR) is 66.7 cm³/mol. The lowest BCUT2D eigenvalue weighted by Crippen LogP contribution is -2.35. The highest BCUT2D eigenvalue weighted by Gasteiger charge is 2.11. The van der Waals surface area contributed by atoms with E-state index in [9.17, 15) is 9.59 Å². The summed E-state index contributed by atoms with van der Waals surface area (Å²) >= 11 is 0. The molecule has 0 atom stereocenters. The number of hydrogen-bond acceptors (Lipinski definition) is 3. The van der Waals surface area contributed by atoms with E-state index in [0.29, 0.717) is 11.3 Å². The Bertz CT molecular complexity index is 455. The van der Waals surface area contributed by atoms with Crippen LogP contribution >= 0.6 is 0 Å². The Morgan fingerprint density at radius 2 is 1.88 bits per heavy atom. The Labute approximate surface area is 100 Å². The first kappa shape index (κ1) is 13.0. The van der Waals surface area contributed by atoms with Gasteiger partial charge in [0.15, 0.2) is 0 Å². The van der Waals surface area contributed by atoms with Gasteiger partial charge >= 0.3 is 0 Å². The number of nitrogens with two attached hydrogens (primary N) is 1. The molecule has 17 heavy (non-hydrogen) atoms. The molecule has 0 saturated heterocycles. The highest BCUT2D eigenvalue weighted by molar-refractivity contribution is 5.98. The lowest BCUT2D eigenvalue weighted by Gasteiger charge is -2.09. The van der Waals surface area contributed by atoms with Gasteiger partial charge in [0.05, 0.1) is 6.54 Å². The lowest BCUT2D eigenvalue weighted by molar-refractivity contribution is -0.119. The fraction of sp³-hybridized carbons (Fsp3) is 0.333. The Morgan fingerprint density at radius 3 is 2.47 bits per heavy atom. The first-order valence-electron chi connectivity index (χ1n) is 5.31. The van der Waals surface area contributed by atoms with Gasteiger partial charge in [0.2, 0.25) is 5.91 Å². The van der Waals surface area contributed by atoms with E-state index in [2.05, 4.69) is 10.6 Å². The zero-order chi connectivity index (χ0) is 13.0. The number of nitrogen functional groups attached to an aromatic ring is 1. The molecule has 1 aromatic rings. The Balaban J connectivity index is 2.82. The van der Waals surface area contributed by atoms with E-state index in [1.54, 1.807) is 6.07 Å².